The summed E-state index contributed by atoms with van der Waals surface area (Å²) in [5.74, 6) is -0.430. The average molecular weight is 298 g/mol. The van der Waals surface area contributed by atoms with Crippen molar-refractivity contribution in [2.45, 2.75) is 25.8 Å². The van der Waals surface area contributed by atoms with Crippen LogP contribution in [0.2, 0.25) is 0 Å². The van der Waals surface area contributed by atoms with Gasteiger partial charge in [0, 0.05) is 12.3 Å². The quantitative estimate of drug-likeness (QED) is 0.679. The number of rotatable bonds is 6. The molecule has 1 aliphatic rings. The van der Waals surface area contributed by atoms with Gasteiger partial charge in [-0.15, -0.1) is 0 Å². The maximum atomic E-state index is 11.7. The van der Waals surface area contributed by atoms with E-state index in [1.54, 1.807) is 0 Å². The van der Waals surface area contributed by atoms with Crippen molar-refractivity contribution in [3.05, 3.63) is 0 Å². The van der Waals surface area contributed by atoms with E-state index in [1.165, 1.54) is 0 Å². The smallest absolute Gasteiger partial charge is 0.212 e. The molecular weight excluding hydrogens is 276 g/mol. The van der Waals surface area contributed by atoms with E-state index in [0.717, 1.165) is 32.2 Å². The number of sulfone groups is 1. The Kier molecular flexibility index (Phi) is 5.57. The second kappa shape index (κ2) is 6.31. The minimum atomic E-state index is -3.52. The highest BCUT2D eigenvalue weighted by atomic mass is 32.2. The van der Waals surface area contributed by atoms with E-state index in [-0.39, 0.29) is 23.5 Å². The Bertz CT molecular complexity index is 452. The summed E-state index contributed by atoms with van der Waals surface area (Å²) in [6, 6.07) is -0.164. The predicted molar refractivity (Wildman–Crippen MR) is 71.7 cm³/mol. The Morgan fingerprint density at radius 2 is 1.94 bits per heavy atom. The van der Waals surface area contributed by atoms with Crippen molar-refractivity contribution >= 4 is 19.9 Å². The molecule has 0 aliphatic carbocycles. The maximum Gasteiger partial charge on any atom is 0.212 e. The standard InChI is InChI=1S/C10H22N2O4S2/c1-9(10-4-3-5-11-8-10)12-18(15,16)7-6-17(2,13)14/h9-12H,3-8H2,1-2H3. The van der Waals surface area contributed by atoms with Crippen molar-refractivity contribution in [2.75, 3.05) is 30.9 Å². The van der Waals surface area contributed by atoms with E-state index < -0.39 is 19.9 Å². The molecule has 0 aromatic heterocycles. The molecule has 8 heteroatoms. The second-order valence-corrected chi connectivity index (χ2v) is 9.09. The number of hydrogen-bond acceptors (Lipinski definition) is 5. The number of piperidine rings is 1. The summed E-state index contributed by atoms with van der Waals surface area (Å²) in [5, 5.41) is 3.23. The van der Waals surface area contributed by atoms with Gasteiger partial charge in [-0.1, -0.05) is 0 Å². The molecule has 1 heterocycles. The highest BCUT2D eigenvalue weighted by Crippen LogP contribution is 2.14. The zero-order valence-corrected chi connectivity index (χ0v) is 12.5. The summed E-state index contributed by atoms with van der Waals surface area (Å²) in [4.78, 5) is 0. The van der Waals surface area contributed by atoms with E-state index in [4.69, 9.17) is 0 Å². The molecular formula is C10H22N2O4S2. The minimum absolute atomic E-state index is 0.164. The van der Waals surface area contributed by atoms with Crippen LogP contribution in [0, 0.1) is 5.92 Å². The molecule has 1 rings (SSSR count). The Hall–Kier alpha value is -0.180. The molecule has 0 amide bonds. The van der Waals surface area contributed by atoms with Gasteiger partial charge in [0.05, 0.1) is 11.5 Å². The van der Waals surface area contributed by atoms with E-state index in [9.17, 15) is 16.8 Å². The van der Waals surface area contributed by atoms with Crippen LogP contribution < -0.4 is 10.0 Å². The monoisotopic (exact) mass is 298 g/mol. The first kappa shape index (κ1) is 15.9. The average Bonchev–Trinajstić information content (AvgIpc) is 2.26. The lowest BCUT2D eigenvalue weighted by atomic mass is 9.94. The Labute approximate surface area is 110 Å². The van der Waals surface area contributed by atoms with Crippen LogP contribution in [0.5, 0.6) is 0 Å². The summed E-state index contributed by atoms with van der Waals surface area (Å²) in [7, 11) is -6.77. The fourth-order valence-corrected chi connectivity index (χ4v) is 4.97. The Morgan fingerprint density at radius 1 is 1.28 bits per heavy atom. The first-order chi connectivity index (χ1) is 8.20. The van der Waals surface area contributed by atoms with Crippen molar-refractivity contribution in [3.8, 4) is 0 Å². The van der Waals surface area contributed by atoms with E-state index >= 15 is 0 Å². The van der Waals surface area contributed by atoms with Crippen LogP contribution in [0.25, 0.3) is 0 Å². The second-order valence-electron chi connectivity index (χ2n) is 4.96. The van der Waals surface area contributed by atoms with Crippen LogP contribution in [0.3, 0.4) is 0 Å². The molecule has 0 radical (unpaired) electrons. The van der Waals surface area contributed by atoms with E-state index in [2.05, 4.69) is 10.0 Å². The van der Waals surface area contributed by atoms with Crippen molar-refractivity contribution in [3.63, 3.8) is 0 Å². The van der Waals surface area contributed by atoms with Gasteiger partial charge in [-0.05, 0) is 38.8 Å². The highest BCUT2D eigenvalue weighted by Gasteiger charge is 2.24. The molecule has 1 aliphatic heterocycles. The van der Waals surface area contributed by atoms with Gasteiger partial charge in [0.2, 0.25) is 10.0 Å². The third kappa shape index (κ3) is 6.12. The molecule has 2 N–H and O–H groups in total. The normalized spacial score (nSPS) is 23.8. The molecule has 18 heavy (non-hydrogen) atoms. The first-order valence-corrected chi connectivity index (χ1v) is 9.79. The Balaban J connectivity index is 2.48. The molecule has 108 valence electrons. The maximum absolute atomic E-state index is 11.7. The molecule has 6 nitrogen and oxygen atoms in total. The minimum Gasteiger partial charge on any atom is -0.316 e. The lowest BCUT2D eigenvalue weighted by Crippen LogP contribution is -2.45. The lowest BCUT2D eigenvalue weighted by molar-refractivity contribution is 0.320. The van der Waals surface area contributed by atoms with Gasteiger partial charge >= 0.3 is 0 Å². The number of hydrogen-bond donors (Lipinski definition) is 2. The first-order valence-electron chi connectivity index (χ1n) is 6.08. The number of sulfonamides is 1. The molecule has 0 aromatic carbocycles. The van der Waals surface area contributed by atoms with Gasteiger partial charge < -0.3 is 5.32 Å². The fourth-order valence-electron chi connectivity index (χ4n) is 2.01. The van der Waals surface area contributed by atoms with Gasteiger partial charge in [-0.2, -0.15) is 0 Å². The zero-order chi connectivity index (χ0) is 13.8. The predicted octanol–water partition coefficient (Wildman–Crippen LogP) is -0.661. The summed E-state index contributed by atoms with van der Waals surface area (Å²) in [6.07, 6.45) is 3.07. The topological polar surface area (TPSA) is 92.3 Å². The number of nitrogens with one attached hydrogen (secondary N) is 2. The van der Waals surface area contributed by atoms with Gasteiger partial charge in [0.1, 0.15) is 9.84 Å². The largest absolute Gasteiger partial charge is 0.316 e. The third-order valence-corrected chi connectivity index (χ3v) is 5.81. The van der Waals surface area contributed by atoms with Crippen molar-refractivity contribution in [2.24, 2.45) is 5.92 Å². The molecule has 2 atom stereocenters. The highest BCUT2D eigenvalue weighted by molar-refractivity contribution is 7.93. The third-order valence-electron chi connectivity index (χ3n) is 3.13. The van der Waals surface area contributed by atoms with Crippen LogP contribution in [0.4, 0.5) is 0 Å². The van der Waals surface area contributed by atoms with E-state index in [0.29, 0.717) is 0 Å². The van der Waals surface area contributed by atoms with Crippen LogP contribution in [-0.4, -0.2) is 53.7 Å². The van der Waals surface area contributed by atoms with E-state index in [1.807, 2.05) is 6.92 Å². The van der Waals surface area contributed by atoms with Gasteiger partial charge in [0.15, 0.2) is 0 Å². The van der Waals surface area contributed by atoms with Gasteiger partial charge in [-0.25, -0.2) is 21.6 Å². The van der Waals surface area contributed by atoms with Gasteiger partial charge in [0.25, 0.3) is 0 Å². The van der Waals surface area contributed by atoms with Crippen LogP contribution >= 0.6 is 0 Å². The zero-order valence-electron chi connectivity index (χ0n) is 10.8. The van der Waals surface area contributed by atoms with Crippen molar-refractivity contribution < 1.29 is 16.8 Å². The van der Waals surface area contributed by atoms with Crippen molar-refractivity contribution in [1.29, 1.82) is 0 Å². The molecule has 2 unspecified atom stereocenters. The molecule has 0 saturated carbocycles. The molecule has 0 bridgehead atoms. The summed E-state index contributed by atoms with van der Waals surface area (Å²) < 4.78 is 48.0. The van der Waals surface area contributed by atoms with Gasteiger partial charge in [-0.3, -0.25) is 0 Å². The SMILES string of the molecule is CC(NS(=O)(=O)CCS(C)(=O)=O)C1CCCNC1. The molecule has 0 aromatic rings. The molecule has 1 fully saturated rings. The summed E-state index contributed by atoms with van der Waals surface area (Å²) >= 11 is 0. The summed E-state index contributed by atoms with van der Waals surface area (Å²) in [5.41, 5.74) is 0. The molecule has 1 saturated heterocycles. The van der Waals surface area contributed by atoms with Crippen molar-refractivity contribution in [1.82, 2.24) is 10.0 Å². The summed E-state index contributed by atoms with van der Waals surface area (Å²) in [6.45, 7) is 3.61. The van der Waals surface area contributed by atoms with Crippen LogP contribution in [-0.2, 0) is 19.9 Å². The van der Waals surface area contributed by atoms with Crippen LogP contribution in [0.15, 0.2) is 0 Å². The lowest BCUT2D eigenvalue weighted by Gasteiger charge is -2.28. The Morgan fingerprint density at radius 3 is 2.44 bits per heavy atom. The molecule has 0 spiro atoms. The van der Waals surface area contributed by atoms with Crippen LogP contribution in [0.1, 0.15) is 19.8 Å². The fraction of sp³-hybridized carbons (Fsp3) is 1.00.